The van der Waals surface area contributed by atoms with Crippen LogP contribution in [0.5, 0.6) is 0 Å². The fraction of sp³-hybridized carbons (Fsp3) is 0. The Bertz CT molecular complexity index is 2800. The number of fused-ring (bicyclic) bond motifs is 7. The van der Waals surface area contributed by atoms with Crippen LogP contribution in [0.25, 0.3) is 97.1 Å². The van der Waals surface area contributed by atoms with Gasteiger partial charge in [-0.2, -0.15) is 0 Å². The van der Waals surface area contributed by atoms with Crippen LogP contribution in [0.15, 0.2) is 138 Å². The SMILES string of the molecule is c1ccc(-c2nc(-c3cccc4sc5ccccc5c34)nc(-c3c4nc(-c5ccccc5)oc4cc4sc5ccccc5c34)n2)cc1. The summed E-state index contributed by atoms with van der Waals surface area (Å²) in [4.78, 5) is 20.8. The van der Waals surface area contributed by atoms with Crippen molar-refractivity contribution in [1.82, 2.24) is 19.9 Å². The maximum absolute atomic E-state index is 6.47. The first-order valence-corrected chi connectivity index (χ1v) is 16.9. The molecule has 0 unspecified atom stereocenters. The molecule has 0 bridgehead atoms. The van der Waals surface area contributed by atoms with Crippen molar-refractivity contribution >= 4 is 74.1 Å². The van der Waals surface area contributed by atoms with Crippen molar-refractivity contribution in [3.63, 3.8) is 0 Å². The first-order valence-electron chi connectivity index (χ1n) is 15.3. The summed E-state index contributed by atoms with van der Waals surface area (Å²) in [6.45, 7) is 0. The van der Waals surface area contributed by atoms with Gasteiger partial charge in [0.1, 0.15) is 5.52 Å². The zero-order valence-corrected chi connectivity index (χ0v) is 26.3. The van der Waals surface area contributed by atoms with Gasteiger partial charge in [0, 0.05) is 63.1 Å². The minimum Gasteiger partial charge on any atom is -0.436 e. The summed E-state index contributed by atoms with van der Waals surface area (Å²) in [5.74, 6) is 2.37. The predicted molar refractivity (Wildman–Crippen MR) is 195 cm³/mol. The Balaban J connectivity index is 1.33. The lowest BCUT2D eigenvalue weighted by molar-refractivity contribution is 0.620. The van der Waals surface area contributed by atoms with Crippen molar-refractivity contribution < 1.29 is 4.42 Å². The molecule has 10 aromatic rings. The van der Waals surface area contributed by atoms with E-state index in [0.717, 1.165) is 48.6 Å². The number of benzene rings is 6. The minimum atomic E-state index is 0.566. The molecule has 7 heteroatoms. The Morgan fingerprint density at radius 2 is 1.04 bits per heavy atom. The maximum Gasteiger partial charge on any atom is 0.227 e. The van der Waals surface area contributed by atoms with Crippen LogP contribution in [-0.4, -0.2) is 19.9 Å². The van der Waals surface area contributed by atoms with Crippen molar-refractivity contribution in [2.24, 2.45) is 0 Å². The number of hydrogen-bond donors (Lipinski definition) is 0. The smallest absolute Gasteiger partial charge is 0.227 e. The molecule has 0 atom stereocenters. The molecule has 0 amide bonds. The molecule has 0 radical (unpaired) electrons. The second-order valence-corrected chi connectivity index (χ2v) is 13.6. The van der Waals surface area contributed by atoms with Crippen LogP contribution >= 0.6 is 22.7 Å². The fourth-order valence-corrected chi connectivity index (χ4v) is 8.75. The number of rotatable bonds is 4. The number of nitrogens with zero attached hydrogens (tertiary/aromatic N) is 4. The van der Waals surface area contributed by atoms with Gasteiger partial charge in [-0.25, -0.2) is 19.9 Å². The van der Waals surface area contributed by atoms with Gasteiger partial charge in [0.15, 0.2) is 23.1 Å². The molecule has 0 aliphatic rings. The van der Waals surface area contributed by atoms with E-state index in [4.69, 9.17) is 24.4 Å². The number of hydrogen-bond acceptors (Lipinski definition) is 7. The average Bonchev–Trinajstić information content (AvgIpc) is 3.84. The van der Waals surface area contributed by atoms with Gasteiger partial charge < -0.3 is 4.42 Å². The van der Waals surface area contributed by atoms with Crippen molar-refractivity contribution in [3.05, 3.63) is 133 Å². The highest BCUT2D eigenvalue weighted by Crippen LogP contribution is 2.45. The molecule has 0 N–H and O–H groups in total. The molecule has 0 aliphatic heterocycles. The van der Waals surface area contributed by atoms with Gasteiger partial charge >= 0.3 is 0 Å². The summed E-state index contributed by atoms with van der Waals surface area (Å²) < 4.78 is 11.2. The van der Waals surface area contributed by atoms with E-state index in [0.29, 0.717) is 28.9 Å². The maximum atomic E-state index is 6.47. The van der Waals surface area contributed by atoms with Crippen molar-refractivity contribution in [2.45, 2.75) is 0 Å². The van der Waals surface area contributed by atoms with Gasteiger partial charge in [-0.3, -0.25) is 0 Å². The molecule has 0 saturated carbocycles. The third-order valence-corrected chi connectivity index (χ3v) is 10.8. The summed E-state index contributed by atoms with van der Waals surface area (Å²) in [5, 5.41) is 4.56. The highest BCUT2D eigenvalue weighted by atomic mass is 32.1. The van der Waals surface area contributed by atoms with Crippen LogP contribution in [0.3, 0.4) is 0 Å². The second kappa shape index (κ2) is 10.4. The van der Waals surface area contributed by atoms with E-state index in [1.807, 2.05) is 60.7 Å². The Hall–Kier alpha value is -5.76. The fourth-order valence-electron chi connectivity index (χ4n) is 6.48. The average molecular weight is 639 g/mol. The van der Waals surface area contributed by atoms with E-state index in [2.05, 4.69) is 72.8 Å². The zero-order valence-electron chi connectivity index (χ0n) is 24.7. The van der Waals surface area contributed by atoms with Crippen molar-refractivity contribution in [2.75, 3.05) is 0 Å². The van der Waals surface area contributed by atoms with E-state index < -0.39 is 0 Å². The summed E-state index contributed by atoms with van der Waals surface area (Å²) in [5.41, 5.74) is 5.10. The van der Waals surface area contributed by atoms with E-state index in [-0.39, 0.29) is 0 Å². The summed E-state index contributed by atoms with van der Waals surface area (Å²) >= 11 is 3.52. The molecule has 4 aromatic heterocycles. The van der Waals surface area contributed by atoms with Crippen LogP contribution < -0.4 is 0 Å². The summed E-state index contributed by atoms with van der Waals surface area (Å²) in [7, 11) is 0. The third kappa shape index (κ3) is 4.21. The number of oxazole rings is 1. The molecule has 0 spiro atoms. The van der Waals surface area contributed by atoms with E-state index >= 15 is 0 Å². The highest BCUT2D eigenvalue weighted by Gasteiger charge is 2.24. The largest absolute Gasteiger partial charge is 0.436 e. The van der Waals surface area contributed by atoms with Crippen molar-refractivity contribution in [3.8, 4) is 45.6 Å². The molecular weight excluding hydrogens is 617 g/mol. The van der Waals surface area contributed by atoms with E-state index in [1.165, 1.54) is 19.5 Å². The molecule has 0 fully saturated rings. The third-order valence-electron chi connectivity index (χ3n) is 8.58. The van der Waals surface area contributed by atoms with Gasteiger partial charge in [0.05, 0.1) is 5.56 Å². The normalized spacial score (nSPS) is 11.8. The number of aromatic nitrogens is 4. The molecule has 0 aliphatic carbocycles. The van der Waals surface area contributed by atoms with Crippen LogP contribution in [0.4, 0.5) is 0 Å². The quantitative estimate of drug-likeness (QED) is 0.192. The van der Waals surface area contributed by atoms with Crippen LogP contribution in [0.1, 0.15) is 0 Å². The molecular formula is C40H22N4OS2. The van der Waals surface area contributed by atoms with Crippen LogP contribution in [0.2, 0.25) is 0 Å². The molecule has 0 saturated heterocycles. The Morgan fingerprint density at radius 3 is 1.81 bits per heavy atom. The lowest BCUT2D eigenvalue weighted by Gasteiger charge is -2.11. The lowest BCUT2D eigenvalue weighted by atomic mass is 10.0. The Morgan fingerprint density at radius 1 is 0.447 bits per heavy atom. The van der Waals surface area contributed by atoms with Crippen LogP contribution in [0, 0.1) is 0 Å². The monoisotopic (exact) mass is 638 g/mol. The molecule has 10 rings (SSSR count). The molecule has 4 heterocycles. The predicted octanol–water partition coefficient (Wildman–Crippen LogP) is 11.4. The molecule has 220 valence electrons. The van der Waals surface area contributed by atoms with E-state index in [1.54, 1.807) is 22.7 Å². The topological polar surface area (TPSA) is 64.7 Å². The van der Waals surface area contributed by atoms with Gasteiger partial charge in [0.25, 0.3) is 0 Å². The van der Waals surface area contributed by atoms with Crippen LogP contribution in [-0.2, 0) is 0 Å². The van der Waals surface area contributed by atoms with Gasteiger partial charge in [-0.15, -0.1) is 22.7 Å². The Kier molecular flexibility index (Phi) is 5.85. The van der Waals surface area contributed by atoms with Crippen molar-refractivity contribution in [1.29, 1.82) is 0 Å². The highest BCUT2D eigenvalue weighted by molar-refractivity contribution is 7.26. The standard InChI is InChI=1S/C40H22N4OS2/c1-3-12-23(13-4-1)37-42-38(27-18-11-21-31-33(27)25-16-7-9-19-29(25)46-31)44-39(43-37)35-34-26-17-8-10-20-30(26)47-32(34)22-28-36(35)41-40(45-28)24-14-5-2-6-15-24/h1-22H. The second-order valence-electron chi connectivity index (χ2n) is 11.4. The molecule has 6 aromatic carbocycles. The van der Waals surface area contributed by atoms with E-state index in [9.17, 15) is 0 Å². The van der Waals surface area contributed by atoms with Gasteiger partial charge in [-0.05, 0) is 30.3 Å². The zero-order chi connectivity index (χ0) is 30.9. The summed E-state index contributed by atoms with van der Waals surface area (Å²) in [6, 6.07) is 45.7. The Labute approximate surface area is 276 Å². The number of thiophene rings is 2. The summed E-state index contributed by atoms with van der Waals surface area (Å²) in [6.07, 6.45) is 0. The van der Waals surface area contributed by atoms with Gasteiger partial charge in [-0.1, -0.05) is 97.1 Å². The first kappa shape index (κ1) is 26.5. The molecule has 47 heavy (non-hydrogen) atoms. The first-order chi connectivity index (χ1) is 23.3. The van der Waals surface area contributed by atoms with Gasteiger partial charge in [0.2, 0.25) is 5.89 Å². The molecule has 5 nitrogen and oxygen atoms in total. The minimum absolute atomic E-state index is 0.566. The lowest BCUT2D eigenvalue weighted by Crippen LogP contribution is -2.01.